The lowest BCUT2D eigenvalue weighted by atomic mass is 10.1. The average Bonchev–Trinajstić information content (AvgIpc) is 3.49. The number of aryl methyl sites for hydroxylation is 2. The molecule has 4 heterocycles. The van der Waals surface area contributed by atoms with Gasteiger partial charge in [0.25, 0.3) is 0 Å². The Balaban J connectivity index is 1.41. The number of nitrogens with one attached hydrogen (secondary N) is 1. The molecule has 0 spiro atoms. The van der Waals surface area contributed by atoms with Crippen molar-refractivity contribution >= 4 is 44.6 Å². The third kappa shape index (κ3) is 3.84. The first-order chi connectivity index (χ1) is 14.7. The van der Waals surface area contributed by atoms with E-state index in [1.165, 1.54) is 28.7 Å². The molecule has 0 radical (unpaired) electrons. The molecule has 3 aromatic rings. The summed E-state index contributed by atoms with van der Waals surface area (Å²) in [6, 6.07) is 4.16. The zero-order chi connectivity index (χ0) is 20.5. The number of amides is 1. The Labute approximate surface area is 184 Å². The molecular formula is C22H27N5OS2. The van der Waals surface area contributed by atoms with Gasteiger partial charge in [-0.15, -0.1) is 22.7 Å². The van der Waals surface area contributed by atoms with Crippen molar-refractivity contribution in [3.8, 4) is 10.7 Å². The van der Waals surface area contributed by atoms with Crippen LogP contribution < -0.4 is 10.2 Å². The first-order valence-electron chi connectivity index (χ1n) is 10.8. The Morgan fingerprint density at radius 1 is 1.20 bits per heavy atom. The molecule has 1 saturated heterocycles. The second-order valence-electron chi connectivity index (χ2n) is 8.00. The van der Waals surface area contributed by atoms with Gasteiger partial charge in [0.1, 0.15) is 10.6 Å². The monoisotopic (exact) mass is 441 g/mol. The normalized spacial score (nSPS) is 16.9. The molecule has 2 aliphatic rings. The second kappa shape index (κ2) is 8.61. The van der Waals surface area contributed by atoms with Crippen LogP contribution in [-0.4, -0.2) is 60.0 Å². The molecule has 0 atom stereocenters. The first kappa shape index (κ1) is 19.9. The van der Waals surface area contributed by atoms with Crippen LogP contribution in [0.5, 0.6) is 0 Å². The number of carbonyl (C=O) groups is 1. The zero-order valence-electron chi connectivity index (χ0n) is 17.3. The summed E-state index contributed by atoms with van der Waals surface area (Å²) in [5, 5.41) is 6.34. The maximum Gasteiger partial charge on any atom is 0.234 e. The number of piperazine rings is 1. The molecule has 0 bridgehead atoms. The highest BCUT2D eigenvalue weighted by molar-refractivity contribution is 7.19. The largest absolute Gasteiger partial charge is 0.355 e. The van der Waals surface area contributed by atoms with E-state index in [1.807, 2.05) is 11.3 Å². The lowest BCUT2D eigenvalue weighted by Crippen LogP contribution is -2.49. The summed E-state index contributed by atoms with van der Waals surface area (Å²) in [6.07, 6.45) is 4.52. The molecule has 0 unspecified atom stereocenters. The van der Waals surface area contributed by atoms with Gasteiger partial charge in [-0.05, 0) is 42.7 Å². The molecule has 1 fully saturated rings. The Morgan fingerprint density at radius 2 is 2.07 bits per heavy atom. The van der Waals surface area contributed by atoms with Gasteiger partial charge in [-0.1, -0.05) is 13.0 Å². The number of hydrogen-bond acceptors (Lipinski definition) is 7. The standard InChI is InChI=1S/C22H27N5OS2/c1-2-8-23-18(28)14-26-9-11-27(12-10-26)21-19-15-5-3-6-16(15)30-22(19)25-20(24-21)17-7-4-13-29-17/h4,7,13H,2-3,5-6,8-12,14H2,1H3,(H,23,28). The summed E-state index contributed by atoms with van der Waals surface area (Å²) < 4.78 is 0. The topological polar surface area (TPSA) is 61.4 Å². The van der Waals surface area contributed by atoms with Crippen LogP contribution in [-0.2, 0) is 17.6 Å². The van der Waals surface area contributed by atoms with E-state index in [9.17, 15) is 4.79 Å². The number of rotatable bonds is 6. The van der Waals surface area contributed by atoms with E-state index in [4.69, 9.17) is 9.97 Å². The van der Waals surface area contributed by atoms with Crippen molar-refractivity contribution in [2.75, 3.05) is 44.2 Å². The van der Waals surface area contributed by atoms with Crippen LogP contribution in [0.2, 0.25) is 0 Å². The minimum absolute atomic E-state index is 0.130. The Kier molecular flexibility index (Phi) is 5.71. The summed E-state index contributed by atoms with van der Waals surface area (Å²) in [5.41, 5.74) is 1.48. The number of carbonyl (C=O) groups excluding carboxylic acids is 1. The molecule has 1 amide bonds. The van der Waals surface area contributed by atoms with Gasteiger partial charge in [-0.25, -0.2) is 9.97 Å². The lowest BCUT2D eigenvalue weighted by Gasteiger charge is -2.35. The number of nitrogens with zero attached hydrogens (tertiary/aromatic N) is 4. The fourth-order valence-electron chi connectivity index (χ4n) is 4.36. The summed E-state index contributed by atoms with van der Waals surface area (Å²) in [5.74, 6) is 2.07. The van der Waals surface area contributed by atoms with E-state index < -0.39 is 0 Å². The van der Waals surface area contributed by atoms with Gasteiger partial charge < -0.3 is 10.2 Å². The Morgan fingerprint density at radius 3 is 2.83 bits per heavy atom. The molecule has 1 aliphatic carbocycles. The van der Waals surface area contributed by atoms with Crippen LogP contribution >= 0.6 is 22.7 Å². The van der Waals surface area contributed by atoms with Crippen LogP contribution in [0.1, 0.15) is 30.2 Å². The van der Waals surface area contributed by atoms with Crippen molar-refractivity contribution in [3.05, 3.63) is 28.0 Å². The quantitative estimate of drug-likeness (QED) is 0.634. The van der Waals surface area contributed by atoms with Crippen LogP contribution in [0.4, 0.5) is 5.82 Å². The molecule has 0 aromatic carbocycles. The van der Waals surface area contributed by atoms with E-state index in [2.05, 4.69) is 39.6 Å². The van der Waals surface area contributed by atoms with Crippen molar-refractivity contribution in [3.63, 3.8) is 0 Å². The maximum atomic E-state index is 12.1. The predicted molar refractivity (Wildman–Crippen MR) is 125 cm³/mol. The molecule has 6 nitrogen and oxygen atoms in total. The van der Waals surface area contributed by atoms with Crippen molar-refractivity contribution in [1.82, 2.24) is 20.2 Å². The summed E-state index contributed by atoms with van der Waals surface area (Å²) in [4.78, 5) is 30.5. The third-order valence-electron chi connectivity index (χ3n) is 5.90. The van der Waals surface area contributed by atoms with Gasteiger partial charge in [0.15, 0.2) is 5.82 Å². The van der Waals surface area contributed by atoms with Gasteiger partial charge in [0.2, 0.25) is 5.91 Å². The average molecular weight is 442 g/mol. The lowest BCUT2D eigenvalue weighted by molar-refractivity contribution is -0.122. The smallest absolute Gasteiger partial charge is 0.234 e. The van der Waals surface area contributed by atoms with Gasteiger partial charge in [-0.2, -0.15) is 0 Å². The van der Waals surface area contributed by atoms with Crippen molar-refractivity contribution in [2.24, 2.45) is 0 Å². The zero-order valence-corrected chi connectivity index (χ0v) is 18.9. The SMILES string of the molecule is CCCNC(=O)CN1CCN(c2nc(-c3cccs3)nc3sc4c(c23)CCC4)CC1. The number of fused-ring (bicyclic) bond motifs is 3. The van der Waals surface area contributed by atoms with Crippen molar-refractivity contribution < 1.29 is 4.79 Å². The minimum atomic E-state index is 0.130. The van der Waals surface area contributed by atoms with Crippen molar-refractivity contribution in [1.29, 1.82) is 0 Å². The maximum absolute atomic E-state index is 12.1. The summed E-state index contributed by atoms with van der Waals surface area (Å²) >= 11 is 3.55. The fourth-order valence-corrected chi connectivity index (χ4v) is 6.28. The predicted octanol–water partition coefficient (Wildman–Crippen LogP) is 3.56. The second-order valence-corrected chi connectivity index (χ2v) is 10.0. The Hall–Kier alpha value is -2.03. The molecule has 1 aliphatic heterocycles. The third-order valence-corrected chi connectivity index (χ3v) is 7.95. The molecule has 1 N–H and O–H groups in total. The Bertz CT molecular complexity index is 1040. The van der Waals surface area contributed by atoms with Gasteiger partial charge in [0, 0.05) is 37.6 Å². The van der Waals surface area contributed by atoms with E-state index in [1.54, 1.807) is 11.3 Å². The molecule has 3 aromatic heterocycles. The highest BCUT2D eigenvalue weighted by Gasteiger charge is 2.27. The number of aromatic nitrogens is 2. The molecule has 158 valence electrons. The van der Waals surface area contributed by atoms with E-state index in [0.717, 1.165) is 66.9 Å². The first-order valence-corrected chi connectivity index (χ1v) is 12.5. The number of thiophene rings is 2. The van der Waals surface area contributed by atoms with E-state index in [0.29, 0.717) is 6.54 Å². The molecule has 30 heavy (non-hydrogen) atoms. The van der Waals surface area contributed by atoms with Gasteiger partial charge >= 0.3 is 0 Å². The highest BCUT2D eigenvalue weighted by atomic mass is 32.1. The number of anilines is 1. The summed E-state index contributed by atoms with van der Waals surface area (Å²) in [6.45, 7) is 6.86. The van der Waals surface area contributed by atoms with Gasteiger partial charge in [-0.3, -0.25) is 9.69 Å². The number of hydrogen-bond donors (Lipinski definition) is 1. The van der Waals surface area contributed by atoms with Gasteiger partial charge in [0.05, 0.1) is 16.8 Å². The van der Waals surface area contributed by atoms with Crippen LogP contribution in [0.3, 0.4) is 0 Å². The molecule has 0 saturated carbocycles. The minimum Gasteiger partial charge on any atom is -0.355 e. The summed E-state index contributed by atoms with van der Waals surface area (Å²) in [7, 11) is 0. The van der Waals surface area contributed by atoms with Crippen LogP contribution in [0.25, 0.3) is 20.9 Å². The highest BCUT2D eigenvalue weighted by Crippen LogP contribution is 2.42. The van der Waals surface area contributed by atoms with E-state index >= 15 is 0 Å². The van der Waals surface area contributed by atoms with Crippen LogP contribution in [0.15, 0.2) is 17.5 Å². The van der Waals surface area contributed by atoms with Crippen LogP contribution in [0, 0.1) is 0 Å². The molecule has 5 rings (SSSR count). The molecular weight excluding hydrogens is 414 g/mol. The molecule has 8 heteroatoms. The van der Waals surface area contributed by atoms with Crippen molar-refractivity contribution in [2.45, 2.75) is 32.6 Å². The fraction of sp³-hybridized carbons (Fsp3) is 0.500. The van der Waals surface area contributed by atoms with E-state index in [-0.39, 0.29) is 5.91 Å².